The summed E-state index contributed by atoms with van der Waals surface area (Å²) in [5.74, 6) is 0.654. The van der Waals surface area contributed by atoms with E-state index >= 15 is 0 Å². The van der Waals surface area contributed by atoms with Gasteiger partial charge >= 0.3 is 6.16 Å². The summed E-state index contributed by atoms with van der Waals surface area (Å²) >= 11 is 6.23. The van der Waals surface area contributed by atoms with Crippen molar-refractivity contribution in [1.29, 1.82) is 0 Å². The van der Waals surface area contributed by atoms with Crippen molar-refractivity contribution in [2.45, 2.75) is 64.2 Å². The second-order valence-electron chi connectivity index (χ2n) is 13.3. The topological polar surface area (TPSA) is 117 Å². The molecule has 1 saturated carbocycles. The summed E-state index contributed by atoms with van der Waals surface area (Å²) < 4.78 is 4.94. The summed E-state index contributed by atoms with van der Waals surface area (Å²) in [6.07, 6.45) is 6.89. The predicted octanol–water partition coefficient (Wildman–Crippen LogP) is 4.33. The summed E-state index contributed by atoms with van der Waals surface area (Å²) in [5.41, 5.74) is 4.46. The van der Waals surface area contributed by atoms with Gasteiger partial charge < -0.3 is 34.8 Å². The quantitative estimate of drug-likeness (QED) is 0.251. The average molecular weight is 679 g/mol. The summed E-state index contributed by atoms with van der Waals surface area (Å²) in [4.78, 5) is 34.2. The standard InChI is InChI=1S/C37H47ClN4O6/c1-6-30(14-7-25(3)40(5)22-26-8-15-31(16-9-26)41-18-17-39(4)35(44)23-41)42-34(43)21-28-20-33(48-37(45,46)47)24(2)19-32(28)36(42)27-10-12-29(38)13-11-27/h6-7,10-14,19-20,26,31,36,45-47H,3,8-9,15-18,21-23H2,1-2,4-5H3/b14-7-,30-6+. The van der Waals surface area contributed by atoms with Gasteiger partial charge in [-0.25, -0.2) is 0 Å². The molecule has 11 heteroatoms. The Morgan fingerprint density at radius 1 is 1.06 bits per heavy atom. The molecular formula is C37H47ClN4O6. The number of hydrogen-bond acceptors (Lipinski definition) is 8. The molecule has 0 bridgehead atoms. The Kier molecular flexibility index (Phi) is 11.0. The number of aryl methyl sites for hydroxylation is 1. The van der Waals surface area contributed by atoms with E-state index in [2.05, 4.69) is 16.4 Å². The Morgan fingerprint density at radius 2 is 1.75 bits per heavy atom. The lowest BCUT2D eigenvalue weighted by atomic mass is 9.84. The van der Waals surface area contributed by atoms with E-state index in [0.717, 1.165) is 62.1 Å². The minimum absolute atomic E-state index is 0.0440. The number of fused-ring (bicyclic) bond motifs is 1. The number of nitrogens with zero attached hydrogens (tertiary/aromatic N) is 4. The molecule has 1 aliphatic carbocycles. The lowest BCUT2D eigenvalue weighted by Gasteiger charge is -2.41. The Bertz CT molecular complexity index is 1580. The molecule has 2 aliphatic heterocycles. The number of ether oxygens (including phenoxy) is 1. The molecule has 1 atom stereocenters. The van der Waals surface area contributed by atoms with Crippen molar-refractivity contribution >= 4 is 23.4 Å². The Balaban J connectivity index is 1.30. The van der Waals surface area contributed by atoms with Crippen LogP contribution in [0.5, 0.6) is 5.75 Å². The number of piperazine rings is 1. The molecule has 3 N–H and O–H groups in total. The summed E-state index contributed by atoms with van der Waals surface area (Å²) in [6, 6.07) is 10.7. The van der Waals surface area contributed by atoms with Gasteiger partial charge in [-0.15, -0.1) is 0 Å². The fourth-order valence-corrected chi connectivity index (χ4v) is 7.25. The SMILES string of the molecule is C=C(/C=C\C(=C/C)N1C(=O)Cc2cc(OC(O)(O)O)c(C)cc2C1c1ccc(Cl)cc1)N(C)CC1CCC(N2CCN(C)C(=O)C2)CC1. The number of rotatable bonds is 10. The first-order valence-electron chi connectivity index (χ1n) is 16.5. The molecule has 2 aromatic carbocycles. The van der Waals surface area contributed by atoms with E-state index in [1.54, 1.807) is 30.0 Å². The van der Waals surface area contributed by atoms with Crippen LogP contribution in [0.2, 0.25) is 5.02 Å². The third-order valence-corrected chi connectivity index (χ3v) is 10.1. The van der Waals surface area contributed by atoms with Crippen LogP contribution < -0.4 is 4.74 Å². The van der Waals surface area contributed by atoms with Crippen LogP contribution >= 0.6 is 11.6 Å². The maximum Gasteiger partial charge on any atom is 0.453 e. The molecule has 10 nitrogen and oxygen atoms in total. The van der Waals surface area contributed by atoms with Gasteiger partial charge in [0.1, 0.15) is 5.75 Å². The Labute approximate surface area is 288 Å². The molecule has 0 radical (unpaired) electrons. The molecule has 0 aromatic heterocycles. The van der Waals surface area contributed by atoms with Crippen LogP contribution in [0.25, 0.3) is 0 Å². The first kappa shape index (κ1) is 35.6. The zero-order valence-corrected chi connectivity index (χ0v) is 29.0. The van der Waals surface area contributed by atoms with Crippen LogP contribution in [-0.4, -0.2) is 99.2 Å². The number of carbonyl (C=O) groups excluding carboxylic acids is 2. The molecule has 2 aromatic rings. The van der Waals surface area contributed by atoms with Gasteiger partial charge in [0.25, 0.3) is 0 Å². The van der Waals surface area contributed by atoms with E-state index in [1.165, 1.54) is 0 Å². The largest absolute Gasteiger partial charge is 0.453 e. The summed E-state index contributed by atoms with van der Waals surface area (Å²) in [5, 5.41) is 28.9. The second kappa shape index (κ2) is 14.8. The van der Waals surface area contributed by atoms with Crippen molar-refractivity contribution < 1.29 is 29.6 Å². The van der Waals surface area contributed by atoms with Gasteiger partial charge in [0.05, 0.1) is 19.0 Å². The van der Waals surface area contributed by atoms with Crippen molar-refractivity contribution in [3.8, 4) is 5.75 Å². The van der Waals surface area contributed by atoms with Crippen LogP contribution in [0.1, 0.15) is 60.9 Å². The van der Waals surface area contributed by atoms with E-state index in [4.69, 9.17) is 16.3 Å². The van der Waals surface area contributed by atoms with Crippen molar-refractivity contribution in [3.05, 3.63) is 99.9 Å². The molecule has 2 amide bonds. The first-order chi connectivity index (χ1) is 22.7. The van der Waals surface area contributed by atoms with Gasteiger partial charge in [-0.3, -0.25) is 14.5 Å². The van der Waals surface area contributed by atoms with Crippen molar-refractivity contribution in [2.24, 2.45) is 5.92 Å². The third-order valence-electron chi connectivity index (χ3n) is 9.89. The zero-order valence-electron chi connectivity index (χ0n) is 28.2. The maximum absolute atomic E-state index is 13.9. The number of halogens is 1. The lowest BCUT2D eigenvalue weighted by Crippen LogP contribution is -2.53. The Hall–Kier alpha value is -3.67. The lowest BCUT2D eigenvalue weighted by molar-refractivity contribution is -0.419. The van der Waals surface area contributed by atoms with E-state index in [0.29, 0.717) is 40.4 Å². The highest BCUT2D eigenvalue weighted by Crippen LogP contribution is 2.41. The third kappa shape index (κ3) is 8.30. The number of carbonyl (C=O) groups is 2. The number of aliphatic hydroxyl groups is 3. The Morgan fingerprint density at radius 3 is 2.38 bits per heavy atom. The molecule has 5 rings (SSSR count). The fourth-order valence-electron chi connectivity index (χ4n) is 7.13. The van der Waals surface area contributed by atoms with E-state index in [1.807, 2.05) is 62.3 Å². The number of allylic oxidation sites excluding steroid dienone is 3. The number of hydrogen-bond donors (Lipinski definition) is 3. The molecule has 48 heavy (non-hydrogen) atoms. The van der Waals surface area contributed by atoms with Gasteiger partial charge in [-0.1, -0.05) is 36.4 Å². The van der Waals surface area contributed by atoms with Crippen molar-refractivity contribution in [2.75, 3.05) is 40.3 Å². The van der Waals surface area contributed by atoms with E-state index in [9.17, 15) is 24.9 Å². The van der Waals surface area contributed by atoms with E-state index in [-0.39, 0.29) is 24.0 Å². The normalized spacial score (nSPS) is 22.7. The summed E-state index contributed by atoms with van der Waals surface area (Å²) in [7, 11) is 3.93. The number of amides is 2. The van der Waals surface area contributed by atoms with Gasteiger partial charge in [0, 0.05) is 56.2 Å². The zero-order chi connectivity index (χ0) is 34.7. The molecule has 1 unspecified atom stereocenters. The van der Waals surface area contributed by atoms with Crippen LogP contribution in [0.3, 0.4) is 0 Å². The highest BCUT2D eigenvalue weighted by atomic mass is 35.5. The van der Waals surface area contributed by atoms with Crippen LogP contribution in [0.4, 0.5) is 0 Å². The molecular weight excluding hydrogens is 632 g/mol. The van der Waals surface area contributed by atoms with Gasteiger partial charge in [0.15, 0.2) is 0 Å². The second-order valence-corrected chi connectivity index (χ2v) is 13.7. The molecule has 0 spiro atoms. The number of benzene rings is 2. The van der Waals surface area contributed by atoms with E-state index < -0.39 is 12.2 Å². The minimum Gasteiger partial charge on any atom is -0.417 e. The monoisotopic (exact) mass is 678 g/mol. The maximum atomic E-state index is 13.9. The van der Waals surface area contributed by atoms with Crippen LogP contribution in [-0.2, 0) is 16.0 Å². The minimum atomic E-state index is -3.34. The van der Waals surface area contributed by atoms with Gasteiger partial charge in [-0.05, 0) is 104 Å². The predicted molar refractivity (Wildman–Crippen MR) is 185 cm³/mol. The first-order valence-corrected chi connectivity index (χ1v) is 16.9. The van der Waals surface area contributed by atoms with Gasteiger partial charge in [-0.2, -0.15) is 0 Å². The smallest absolute Gasteiger partial charge is 0.417 e. The average Bonchev–Trinajstić information content (AvgIpc) is 3.03. The molecule has 2 fully saturated rings. The molecule has 1 saturated heterocycles. The highest BCUT2D eigenvalue weighted by Gasteiger charge is 2.37. The van der Waals surface area contributed by atoms with Gasteiger partial charge in [0.2, 0.25) is 11.8 Å². The highest BCUT2D eigenvalue weighted by molar-refractivity contribution is 6.30. The van der Waals surface area contributed by atoms with Crippen LogP contribution in [0.15, 0.2) is 72.6 Å². The fraction of sp³-hybridized carbons (Fsp3) is 0.459. The molecule has 258 valence electrons. The molecule has 3 aliphatic rings. The summed E-state index contributed by atoms with van der Waals surface area (Å²) in [6.45, 7) is 11.1. The van der Waals surface area contributed by atoms with Crippen molar-refractivity contribution in [3.63, 3.8) is 0 Å². The molecule has 2 heterocycles. The van der Waals surface area contributed by atoms with Crippen molar-refractivity contribution in [1.82, 2.24) is 19.6 Å². The number of likely N-dealkylation sites (N-methyl/N-ethyl adjacent to an activating group) is 2. The van der Waals surface area contributed by atoms with Crippen LogP contribution in [0, 0.1) is 12.8 Å².